The Balaban J connectivity index is 1.48. The minimum Gasteiger partial charge on any atom is -0.445 e. The fraction of sp³-hybridized carbons (Fsp3) is 0.409. The fourth-order valence-corrected chi connectivity index (χ4v) is 4.47. The number of ether oxygens (including phenoxy) is 1. The minimum atomic E-state index is -1.08. The van der Waals surface area contributed by atoms with E-state index in [1.807, 2.05) is 41.3 Å². The molecular weight excluding hydrogens is 354 g/mol. The first-order chi connectivity index (χ1) is 13.6. The molecule has 6 heteroatoms. The standard InChI is InChI=1S/C22H23N3O3/c23-13-17-9-10-20(24-14-17)22(27)11-18-7-4-8-19(12-22)25(18)21(26)28-15-16-5-2-1-3-6-16/h1-3,5-6,9-10,14,18-19,27H,4,7-8,11-12,15H2. The number of amides is 1. The molecule has 0 radical (unpaired) electrons. The number of carbonyl (C=O) groups is 1. The highest BCUT2D eigenvalue weighted by Gasteiger charge is 2.49. The van der Waals surface area contributed by atoms with Crippen molar-refractivity contribution in [1.82, 2.24) is 9.88 Å². The zero-order valence-corrected chi connectivity index (χ0v) is 15.6. The Morgan fingerprint density at radius 2 is 1.93 bits per heavy atom. The predicted octanol–water partition coefficient (Wildman–Crippen LogP) is 3.49. The average Bonchev–Trinajstić information content (AvgIpc) is 2.72. The van der Waals surface area contributed by atoms with Crippen molar-refractivity contribution in [3.63, 3.8) is 0 Å². The van der Waals surface area contributed by atoms with Gasteiger partial charge < -0.3 is 14.7 Å². The van der Waals surface area contributed by atoms with Gasteiger partial charge in [0.05, 0.1) is 11.3 Å². The van der Waals surface area contributed by atoms with E-state index in [1.165, 1.54) is 6.20 Å². The summed E-state index contributed by atoms with van der Waals surface area (Å²) in [5.41, 5.74) is 0.909. The molecule has 0 spiro atoms. The van der Waals surface area contributed by atoms with Crippen LogP contribution in [0.5, 0.6) is 0 Å². The van der Waals surface area contributed by atoms with E-state index in [9.17, 15) is 9.90 Å². The van der Waals surface area contributed by atoms with Crippen molar-refractivity contribution >= 4 is 6.09 Å². The van der Waals surface area contributed by atoms with Gasteiger partial charge in [-0.05, 0) is 37.0 Å². The van der Waals surface area contributed by atoms with Crippen LogP contribution in [0.4, 0.5) is 4.79 Å². The third-order valence-electron chi connectivity index (χ3n) is 5.79. The lowest BCUT2D eigenvalue weighted by Gasteiger charge is -2.51. The van der Waals surface area contributed by atoms with Gasteiger partial charge in [0.2, 0.25) is 0 Å². The van der Waals surface area contributed by atoms with Crippen molar-refractivity contribution in [1.29, 1.82) is 5.26 Å². The summed E-state index contributed by atoms with van der Waals surface area (Å²) >= 11 is 0. The van der Waals surface area contributed by atoms with Gasteiger partial charge in [0.15, 0.2) is 0 Å². The first kappa shape index (κ1) is 18.5. The molecule has 3 heterocycles. The van der Waals surface area contributed by atoms with E-state index in [4.69, 9.17) is 10.00 Å². The number of nitrogens with zero attached hydrogens (tertiary/aromatic N) is 3. The lowest BCUT2D eigenvalue weighted by molar-refractivity contribution is -0.0918. The Kier molecular flexibility index (Phi) is 5.01. The zero-order chi connectivity index (χ0) is 19.6. The van der Waals surface area contributed by atoms with Crippen LogP contribution in [0, 0.1) is 11.3 Å². The molecule has 1 N–H and O–H groups in total. The van der Waals surface area contributed by atoms with E-state index in [0.717, 1.165) is 24.8 Å². The molecule has 2 unspecified atom stereocenters. The van der Waals surface area contributed by atoms with Gasteiger partial charge in [-0.25, -0.2) is 4.79 Å². The van der Waals surface area contributed by atoms with Gasteiger partial charge in [0, 0.05) is 31.1 Å². The Bertz CT molecular complexity index is 862. The van der Waals surface area contributed by atoms with Crippen molar-refractivity contribution in [2.45, 2.75) is 56.4 Å². The van der Waals surface area contributed by atoms with Crippen molar-refractivity contribution in [3.05, 3.63) is 65.5 Å². The first-order valence-electron chi connectivity index (χ1n) is 9.67. The highest BCUT2D eigenvalue weighted by Crippen LogP contribution is 2.44. The minimum absolute atomic E-state index is 0.0711. The molecule has 2 aliphatic rings. The van der Waals surface area contributed by atoms with Crippen molar-refractivity contribution in [3.8, 4) is 6.07 Å². The third kappa shape index (κ3) is 3.58. The summed E-state index contributed by atoms with van der Waals surface area (Å²) in [6, 6.07) is 14.9. The number of nitriles is 1. The molecule has 2 atom stereocenters. The summed E-state index contributed by atoms with van der Waals surface area (Å²) in [5.74, 6) is 0. The van der Waals surface area contributed by atoms with Crippen LogP contribution in [0.25, 0.3) is 0 Å². The molecule has 2 saturated heterocycles. The van der Waals surface area contributed by atoms with Crippen LogP contribution in [-0.2, 0) is 16.9 Å². The van der Waals surface area contributed by atoms with E-state index in [0.29, 0.717) is 24.1 Å². The molecule has 0 saturated carbocycles. The quantitative estimate of drug-likeness (QED) is 0.885. The number of piperidine rings is 2. The summed E-state index contributed by atoms with van der Waals surface area (Å²) < 4.78 is 5.56. The second kappa shape index (κ2) is 7.61. The second-order valence-corrected chi connectivity index (χ2v) is 7.67. The SMILES string of the molecule is N#Cc1ccc(C2(O)CC3CCCC(C2)N3C(=O)OCc2ccccc2)nc1. The normalized spacial score (nSPS) is 26.4. The van der Waals surface area contributed by atoms with Gasteiger partial charge in [-0.15, -0.1) is 0 Å². The van der Waals surface area contributed by atoms with E-state index >= 15 is 0 Å². The van der Waals surface area contributed by atoms with Crippen LogP contribution in [0.3, 0.4) is 0 Å². The van der Waals surface area contributed by atoms with Gasteiger partial charge in [0.1, 0.15) is 18.3 Å². The number of aromatic nitrogens is 1. The Hall–Kier alpha value is -2.91. The molecule has 2 aliphatic heterocycles. The van der Waals surface area contributed by atoms with Gasteiger partial charge in [-0.1, -0.05) is 30.3 Å². The summed E-state index contributed by atoms with van der Waals surface area (Å²) in [7, 11) is 0. The molecule has 1 aromatic carbocycles. The molecule has 2 bridgehead atoms. The smallest absolute Gasteiger partial charge is 0.410 e. The number of hydrogen-bond acceptors (Lipinski definition) is 5. The van der Waals surface area contributed by atoms with E-state index in [-0.39, 0.29) is 24.8 Å². The van der Waals surface area contributed by atoms with Crippen molar-refractivity contribution in [2.75, 3.05) is 0 Å². The molecule has 6 nitrogen and oxygen atoms in total. The first-order valence-corrected chi connectivity index (χ1v) is 9.67. The Labute approximate surface area is 164 Å². The number of fused-ring (bicyclic) bond motifs is 2. The average molecular weight is 377 g/mol. The van der Waals surface area contributed by atoms with Crippen LogP contribution in [-0.4, -0.2) is 33.2 Å². The highest BCUT2D eigenvalue weighted by atomic mass is 16.6. The third-order valence-corrected chi connectivity index (χ3v) is 5.79. The number of benzene rings is 1. The topological polar surface area (TPSA) is 86.5 Å². The monoisotopic (exact) mass is 377 g/mol. The van der Waals surface area contributed by atoms with Crippen LogP contribution in [0.1, 0.15) is 48.9 Å². The van der Waals surface area contributed by atoms with Crippen LogP contribution in [0.2, 0.25) is 0 Å². The molecular formula is C22H23N3O3. The fourth-order valence-electron chi connectivity index (χ4n) is 4.47. The van der Waals surface area contributed by atoms with E-state index < -0.39 is 5.60 Å². The second-order valence-electron chi connectivity index (χ2n) is 7.67. The number of hydrogen-bond donors (Lipinski definition) is 1. The Morgan fingerprint density at radius 3 is 2.54 bits per heavy atom. The summed E-state index contributed by atoms with van der Waals surface area (Å²) in [6.45, 7) is 0.247. The van der Waals surface area contributed by atoms with Crippen molar-refractivity contribution in [2.24, 2.45) is 0 Å². The van der Waals surface area contributed by atoms with Gasteiger partial charge >= 0.3 is 6.09 Å². The lowest BCUT2D eigenvalue weighted by Crippen LogP contribution is -2.59. The number of pyridine rings is 1. The summed E-state index contributed by atoms with van der Waals surface area (Å²) in [5, 5.41) is 20.2. The summed E-state index contributed by atoms with van der Waals surface area (Å²) in [6.07, 6.45) is 4.77. The van der Waals surface area contributed by atoms with Crippen LogP contribution >= 0.6 is 0 Å². The molecule has 2 aromatic rings. The largest absolute Gasteiger partial charge is 0.445 e. The maximum atomic E-state index is 12.8. The predicted molar refractivity (Wildman–Crippen MR) is 102 cm³/mol. The maximum absolute atomic E-state index is 12.8. The Morgan fingerprint density at radius 1 is 1.21 bits per heavy atom. The number of aliphatic hydroxyl groups is 1. The molecule has 2 fully saturated rings. The van der Waals surface area contributed by atoms with Gasteiger partial charge in [-0.2, -0.15) is 5.26 Å². The van der Waals surface area contributed by atoms with E-state index in [1.54, 1.807) is 12.1 Å². The summed E-state index contributed by atoms with van der Waals surface area (Å²) in [4.78, 5) is 18.9. The molecule has 1 amide bonds. The van der Waals surface area contributed by atoms with Crippen LogP contribution < -0.4 is 0 Å². The molecule has 0 aliphatic carbocycles. The van der Waals surface area contributed by atoms with Gasteiger partial charge in [0.25, 0.3) is 0 Å². The van der Waals surface area contributed by atoms with Crippen molar-refractivity contribution < 1.29 is 14.6 Å². The maximum Gasteiger partial charge on any atom is 0.410 e. The van der Waals surface area contributed by atoms with Crippen LogP contribution in [0.15, 0.2) is 48.7 Å². The highest BCUT2D eigenvalue weighted by molar-refractivity contribution is 5.69. The number of carbonyl (C=O) groups excluding carboxylic acids is 1. The van der Waals surface area contributed by atoms with E-state index in [2.05, 4.69) is 4.98 Å². The number of rotatable bonds is 3. The molecule has 144 valence electrons. The van der Waals surface area contributed by atoms with Gasteiger partial charge in [-0.3, -0.25) is 4.98 Å². The molecule has 4 rings (SSSR count). The molecule has 1 aromatic heterocycles. The zero-order valence-electron chi connectivity index (χ0n) is 15.6. The lowest BCUT2D eigenvalue weighted by atomic mass is 9.74. The molecule has 28 heavy (non-hydrogen) atoms.